The van der Waals surface area contributed by atoms with Crippen molar-refractivity contribution in [2.75, 3.05) is 19.6 Å². The molecule has 5 heteroatoms. The first-order valence-electron chi connectivity index (χ1n) is 11.6. The van der Waals surface area contributed by atoms with Crippen LogP contribution in [0.2, 0.25) is 0 Å². The van der Waals surface area contributed by atoms with Gasteiger partial charge in [0.2, 0.25) is 0 Å². The number of carbonyl (C=O) groups excluding carboxylic acids is 1. The quantitative estimate of drug-likeness (QED) is 0.585. The highest BCUT2D eigenvalue weighted by Gasteiger charge is 2.36. The Labute approximate surface area is 194 Å². The fourth-order valence-electron chi connectivity index (χ4n) is 5.17. The number of aryl methyl sites for hydroxylation is 1. The Morgan fingerprint density at radius 3 is 2.50 bits per heavy atom. The van der Waals surface area contributed by atoms with Crippen LogP contribution in [0.1, 0.15) is 46.0 Å². The molecule has 1 unspecified atom stereocenters. The lowest BCUT2D eigenvalue weighted by molar-refractivity contribution is 0.100. The van der Waals surface area contributed by atoms with Gasteiger partial charge in [0.15, 0.2) is 0 Å². The van der Waals surface area contributed by atoms with Gasteiger partial charge in [-0.05, 0) is 59.9 Å². The van der Waals surface area contributed by atoms with E-state index in [-0.39, 0.29) is 18.1 Å². The number of likely N-dealkylation sites (tertiary alicyclic amines) is 1. The number of hydrogen-bond donors (Lipinski definition) is 1. The Morgan fingerprint density at radius 2 is 1.75 bits per heavy atom. The lowest BCUT2D eigenvalue weighted by atomic mass is 9.89. The number of nitrogens with one attached hydrogen (secondary N) is 1. The van der Waals surface area contributed by atoms with Gasteiger partial charge in [0, 0.05) is 37.1 Å². The third-order valence-corrected chi connectivity index (χ3v) is 7.94. The maximum absolute atomic E-state index is 13.4. The highest BCUT2D eigenvalue weighted by atomic mass is 32.1. The molecule has 3 heterocycles. The van der Waals surface area contributed by atoms with Crippen LogP contribution in [0.4, 0.5) is 4.79 Å². The Bertz CT molecular complexity index is 1060. The van der Waals surface area contributed by atoms with Crippen LogP contribution in [0.15, 0.2) is 66.0 Å². The summed E-state index contributed by atoms with van der Waals surface area (Å²) in [7, 11) is 0. The molecule has 2 aromatic carbocycles. The maximum Gasteiger partial charge on any atom is 0.318 e. The van der Waals surface area contributed by atoms with E-state index in [4.69, 9.17) is 0 Å². The van der Waals surface area contributed by atoms with Crippen LogP contribution >= 0.6 is 11.3 Å². The molecule has 0 radical (unpaired) electrons. The third kappa shape index (κ3) is 4.32. The maximum atomic E-state index is 13.4. The Hall–Kier alpha value is -2.63. The minimum Gasteiger partial charge on any atom is -0.338 e. The average molecular weight is 446 g/mol. The van der Waals surface area contributed by atoms with E-state index in [2.05, 4.69) is 82.0 Å². The molecule has 0 saturated carbocycles. The monoisotopic (exact) mass is 445 g/mol. The number of nitrogens with zero attached hydrogens (tertiary/aromatic N) is 2. The molecule has 32 heavy (non-hydrogen) atoms. The van der Waals surface area contributed by atoms with E-state index in [0.29, 0.717) is 6.54 Å². The average Bonchev–Trinajstić information content (AvgIpc) is 3.22. The van der Waals surface area contributed by atoms with E-state index in [1.165, 1.54) is 27.1 Å². The summed E-state index contributed by atoms with van der Waals surface area (Å²) in [5.74, 6) is 0. The minimum atomic E-state index is -0.0520. The van der Waals surface area contributed by atoms with Crippen LogP contribution in [-0.4, -0.2) is 41.5 Å². The second kappa shape index (κ2) is 9.47. The molecule has 2 aliphatic rings. The molecular weight excluding hydrogens is 414 g/mol. The summed E-state index contributed by atoms with van der Waals surface area (Å²) < 4.78 is 0. The summed E-state index contributed by atoms with van der Waals surface area (Å²) in [5, 5.41) is 5.39. The Balaban J connectivity index is 1.43. The van der Waals surface area contributed by atoms with Crippen molar-refractivity contribution in [1.82, 2.24) is 15.1 Å². The summed E-state index contributed by atoms with van der Waals surface area (Å²) in [6.45, 7) is 5.95. The summed E-state index contributed by atoms with van der Waals surface area (Å²) in [5.41, 5.74) is 5.18. The van der Waals surface area contributed by atoms with Crippen molar-refractivity contribution in [3.8, 4) is 0 Å². The van der Waals surface area contributed by atoms with Crippen molar-refractivity contribution in [2.24, 2.45) is 0 Å². The molecule has 2 amide bonds. The van der Waals surface area contributed by atoms with Gasteiger partial charge in [-0.15, -0.1) is 11.3 Å². The number of rotatable bonds is 4. The first kappa shape index (κ1) is 21.2. The van der Waals surface area contributed by atoms with Crippen molar-refractivity contribution in [1.29, 1.82) is 0 Å². The first-order valence-corrected chi connectivity index (χ1v) is 12.5. The molecule has 3 aromatic rings. The third-order valence-electron chi connectivity index (χ3n) is 6.93. The van der Waals surface area contributed by atoms with Gasteiger partial charge in [-0.1, -0.05) is 54.6 Å². The van der Waals surface area contributed by atoms with E-state index in [0.717, 1.165) is 38.9 Å². The van der Waals surface area contributed by atoms with E-state index in [1.807, 2.05) is 17.4 Å². The molecule has 0 aliphatic carbocycles. The van der Waals surface area contributed by atoms with Gasteiger partial charge >= 0.3 is 6.03 Å². The molecule has 4 nitrogen and oxygen atoms in total. The van der Waals surface area contributed by atoms with Crippen molar-refractivity contribution in [2.45, 2.75) is 44.8 Å². The number of piperidine rings is 1. The minimum absolute atomic E-state index is 0.0520. The lowest BCUT2D eigenvalue weighted by Gasteiger charge is -2.44. The normalized spacial score (nSPS) is 20.3. The molecule has 1 saturated heterocycles. The van der Waals surface area contributed by atoms with E-state index in [9.17, 15) is 4.79 Å². The zero-order valence-corrected chi connectivity index (χ0v) is 19.5. The SMILES string of the molecule is Cc1ccsc1CN1CCC(N2C(=O)NCCc3ccccc3C2c2ccccc2)CC1. The molecule has 5 rings (SSSR count). The highest BCUT2D eigenvalue weighted by molar-refractivity contribution is 7.10. The number of hydrogen-bond acceptors (Lipinski definition) is 3. The summed E-state index contributed by atoms with van der Waals surface area (Å²) in [6.07, 6.45) is 2.88. The standard InChI is InChI=1S/C27H31N3OS/c1-20-14-18-32-25(20)19-29-16-12-23(13-17-29)30-26(22-8-3-2-4-9-22)24-10-6-5-7-21(24)11-15-28-27(30)31/h2-10,14,18,23,26H,11-13,15-17,19H2,1H3,(H,28,31). The van der Waals surface area contributed by atoms with Crippen molar-refractivity contribution >= 4 is 17.4 Å². The van der Waals surface area contributed by atoms with Crippen molar-refractivity contribution in [3.05, 3.63) is 93.2 Å². The van der Waals surface area contributed by atoms with Crippen LogP contribution in [0.3, 0.4) is 0 Å². The molecule has 1 aromatic heterocycles. The molecule has 2 aliphatic heterocycles. The number of benzene rings is 2. The van der Waals surface area contributed by atoms with E-state index < -0.39 is 0 Å². The second-order valence-electron chi connectivity index (χ2n) is 8.94. The predicted octanol–water partition coefficient (Wildman–Crippen LogP) is 5.38. The molecule has 0 spiro atoms. The summed E-state index contributed by atoms with van der Waals surface area (Å²) >= 11 is 1.85. The van der Waals surface area contributed by atoms with Crippen molar-refractivity contribution < 1.29 is 4.79 Å². The lowest BCUT2D eigenvalue weighted by Crippen LogP contribution is -2.53. The molecule has 1 fully saturated rings. The summed E-state index contributed by atoms with van der Waals surface area (Å²) in [6, 6.07) is 21.6. The number of amides is 2. The molecule has 1 N–H and O–H groups in total. The smallest absolute Gasteiger partial charge is 0.318 e. The van der Waals surface area contributed by atoms with Gasteiger partial charge in [-0.3, -0.25) is 4.90 Å². The van der Waals surface area contributed by atoms with Gasteiger partial charge in [0.25, 0.3) is 0 Å². The molecule has 1 atom stereocenters. The van der Waals surface area contributed by atoms with Gasteiger partial charge in [0.05, 0.1) is 6.04 Å². The van der Waals surface area contributed by atoms with E-state index >= 15 is 0 Å². The number of fused-ring (bicyclic) bond motifs is 1. The van der Waals surface area contributed by atoms with E-state index in [1.54, 1.807) is 0 Å². The van der Waals surface area contributed by atoms with Gasteiger partial charge in [-0.2, -0.15) is 0 Å². The fourth-order valence-corrected chi connectivity index (χ4v) is 6.12. The zero-order chi connectivity index (χ0) is 21.9. The highest BCUT2D eigenvalue weighted by Crippen LogP contribution is 2.36. The van der Waals surface area contributed by atoms with Gasteiger partial charge < -0.3 is 10.2 Å². The summed E-state index contributed by atoms with van der Waals surface area (Å²) in [4.78, 5) is 19.6. The van der Waals surface area contributed by atoms with Crippen molar-refractivity contribution in [3.63, 3.8) is 0 Å². The molecule has 0 bridgehead atoms. The molecule has 166 valence electrons. The molecular formula is C27H31N3OS. The topological polar surface area (TPSA) is 35.6 Å². The number of carbonyl (C=O) groups is 1. The zero-order valence-electron chi connectivity index (χ0n) is 18.7. The van der Waals surface area contributed by atoms with Crippen LogP contribution in [-0.2, 0) is 13.0 Å². The number of thiophene rings is 1. The van der Waals surface area contributed by atoms with Crippen LogP contribution in [0, 0.1) is 6.92 Å². The largest absolute Gasteiger partial charge is 0.338 e. The van der Waals surface area contributed by atoms with Crippen LogP contribution in [0.25, 0.3) is 0 Å². The predicted molar refractivity (Wildman–Crippen MR) is 131 cm³/mol. The van der Waals surface area contributed by atoms with Crippen LogP contribution < -0.4 is 5.32 Å². The van der Waals surface area contributed by atoms with Gasteiger partial charge in [-0.25, -0.2) is 4.79 Å². The van der Waals surface area contributed by atoms with Crippen LogP contribution in [0.5, 0.6) is 0 Å². The second-order valence-corrected chi connectivity index (χ2v) is 9.94. The number of urea groups is 1. The Kier molecular flexibility index (Phi) is 6.28. The first-order chi connectivity index (χ1) is 15.7. The van der Waals surface area contributed by atoms with Gasteiger partial charge in [0.1, 0.15) is 0 Å². The fraction of sp³-hybridized carbons (Fsp3) is 0.370. The Morgan fingerprint density at radius 1 is 1.00 bits per heavy atom.